The van der Waals surface area contributed by atoms with Crippen LogP contribution < -0.4 is 10.6 Å². The topological polar surface area (TPSA) is 61.4 Å². The van der Waals surface area contributed by atoms with Crippen LogP contribution in [0.1, 0.15) is 18.4 Å². The summed E-state index contributed by atoms with van der Waals surface area (Å²) < 4.78 is 0. The van der Waals surface area contributed by atoms with Gasteiger partial charge in [0, 0.05) is 30.3 Å². The minimum Gasteiger partial charge on any atom is -0.352 e. The molecule has 0 radical (unpaired) electrons. The Hall–Kier alpha value is -2.53. The maximum absolute atomic E-state index is 12.5. The highest BCUT2D eigenvalue weighted by Gasteiger charge is 2.28. The van der Waals surface area contributed by atoms with Gasteiger partial charge in [-0.15, -0.1) is 0 Å². The second-order valence-corrected chi connectivity index (χ2v) is 6.80. The van der Waals surface area contributed by atoms with Crippen molar-refractivity contribution in [3.05, 3.63) is 65.2 Å². The van der Waals surface area contributed by atoms with E-state index < -0.39 is 0 Å². The molecule has 1 heterocycles. The summed E-state index contributed by atoms with van der Waals surface area (Å²) in [5.41, 5.74) is 1.64. The monoisotopic (exact) mass is 371 g/mol. The van der Waals surface area contributed by atoms with Crippen molar-refractivity contribution in [2.45, 2.75) is 19.4 Å². The molecule has 0 spiro atoms. The number of benzene rings is 2. The average Bonchev–Trinajstić information content (AvgIpc) is 2.68. The molecule has 1 aliphatic heterocycles. The van der Waals surface area contributed by atoms with Crippen molar-refractivity contribution in [3.8, 4) is 0 Å². The van der Waals surface area contributed by atoms with Crippen LogP contribution >= 0.6 is 11.6 Å². The van der Waals surface area contributed by atoms with E-state index in [0.717, 1.165) is 24.1 Å². The Bertz CT molecular complexity index is 767. The molecule has 0 saturated carbocycles. The van der Waals surface area contributed by atoms with Crippen molar-refractivity contribution in [1.82, 2.24) is 10.2 Å². The number of anilines is 1. The Balaban J connectivity index is 1.53. The average molecular weight is 372 g/mol. The molecule has 1 unspecified atom stereocenters. The zero-order valence-electron chi connectivity index (χ0n) is 14.5. The molecule has 1 saturated heterocycles. The second-order valence-electron chi connectivity index (χ2n) is 6.39. The quantitative estimate of drug-likeness (QED) is 0.856. The van der Waals surface area contributed by atoms with Gasteiger partial charge in [-0.1, -0.05) is 48.0 Å². The van der Waals surface area contributed by atoms with E-state index in [0.29, 0.717) is 24.7 Å². The zero-order chi connectivity index (χ0) is 18.4. The van der Waals surface area contributed by atoms with Crippen LogP contribution in [0.5, 0.6) is 0 Å². The van der Waals surface area contributed by atoms with Gasteiger partial charge in [-0.25, -0.2) is 4.79 Å². The molecule has 1 aliphatic rings. The number of piperidine rings is 1. The number of hydrogen-bond acceptors (Lipinski definition) is 2. The van der Waals surface area contributed by atoms with Gasteiger partial charge in [-0.05, 0) is 36.6 Å². The summed E-state index contributed by atoms with van der Waals surface area (Å²) in [6.07, 6.45) is 1.59. The third-order valence-electron chi connectivity index (χ3n) is 4.52. The van der Waals surface area contributed by atoms with Crippen molar-refractivity contribution in [2.75, 3.05) is 18.4 Å². The van der Waals surface area contributed by atoms with Crippen LogP contribution in [0, 0.1) is 5.92 Å². The number of carbonyl (C=O) groups is 2. The van der Waals surface area contributed by atoms with Crippen molar-refractivity contribution < 1.29 is 9.59 Å². The fraction of sp³-hybridized carbons (Fsp3) is 0.300. The van der Waals surface area contributed by atoms with E-state index in [9.17, 15) is 9.59 Å². The number of para-hydroxylation sites is 1. The molecule has 3 amide bonds. The maximum atomic E-state index is 12.5. The minimum absolute atomic E-state index is 0.0397. The first-order chi connectivity index (χ1) is 12.6. The molecule has 5 nitrogen and oxygen atoms in total. The summed E-state index contributed by atoms with van der Waals surface area (Å²) >= 11 is 6.12. The lowest BCUT2D eigenvalue weighted by Crippen LogP contribution is -2.46. The Kier molecular flexibility index (Phi) is 6.12. The molecule has 2 aromatic rings. The van der Waals surface area contributed by atoms with Gasteiger partial charge in [-0.2, -0.15) is 0 Å². The number of nitrogens with one attached hydrogen (secondary N) is 2. The first kappa shape index (κ1) is 18.3. The first-order valence-corrected chi connectivity index (χ1v) is 9.13. The second kappa shape index (κ2) is 8.72. The van der Waals surface area contributed by atoms with Crippen LogP contribution in [-0.4, -0.2) is 29.9 Å². The summed E-state index contributed by atoms with van der Waals surface area (Å²) in [6, 6.07) is 16.6. The number of likely N-dealkylation sites (tertiary alicyclic amines) is 1. The van der Waals surface area contributed by atoms with Crippen LogP contribution in [0.2, 0.25) is 5.02 Å². The van der Waals surface area contributed by atoms with Gasteiger partial charge in [0.25, 0.3) is 0 Å². The highest BCUT2D eigenvalue weighted by Crippen LogP contribution is 2.19. The van der Waals surface area contributed by atoms with Crippen molar-refractivity contribution in [3.63, 3.8) is 0 Å². The van der Waals surface area contributed by atoms with Gasteiger partial charge >= 0.3 is 6.03 Å². The van der Waals surface area contributed by atoms with E-state index in [1.54, 1.807) is 11.0 Å². The highest BCUT2D eigenvalue weighted by molar-refractivity contribution is 6.31. The summed E-state index contributed by atoms with van der Waals surface area (Å²) in [6.45, 7) is 1.48. The molecule has 0 aliphatic carbocycles. The van der Waals surface area contributed by atoms with E-state index in [-0.39, 0.29) is 17.9 Å². The molecule has 2 N–H and O–H groups in total. The maximum Gasteiger partial charge on any atom is 0.321 e. The van der Waals surface area contributed by atoms with Gasteiger partial charge in [-0.3, -0.25) is 4.79 Å². The Labute approximate surface area is 158 Å². The number of rotatable bonds is 4. The lowest BCUT2D eigenvalue weighted by Gasteiger charge is -2.32. The fourth-order valence-corrected chi connectivity index (χ4v) is 3.27. The molecule has 3 rings (SSSR count). The standard InChI is InChI=1S/C20H22ClN3O2/c21-18-11-5-4-7-15(18)13-22-19(25)16-8-6-12-24(14-16)20(26)23-17-9-2-1-3-10-17/h1-5,7,9-11,16H,6,8,12-14H2,(H,22,25)(H,23,26). The van der Waals surface area contributed by atoms with Crippen molar-refractivity contribution >= 4 is 29.2 Å². The predicted octanol–water partition coefficient (Wildman–Crippen LogP) is 3.90. The lowest BCUT2D eigenvalue weighted by molar-refractivity contribution is -0.126. The number of halogens is 1. The number of hydrogen-bond donors (Lipinski definition) is 2. The molecule has 0 aromatic heterocycles. The minimum atomic E-state index is -0.201. The summed E-state index contributed by atoms with van der Waals surface area (Å²) in [4.78, 5) is 26.6. The fourth-order valence-electron chi connectivity index (χ4n) is 3.07. The smallest absolute Gasteiger partial charge is 0.321 e. The van der Waals surface area contributed by atoms with Gasteiger partial charge in [0.1, 0.15) is 0 Å². The van der Waals surface area contributed by atoms with Crippen molar-refractivity contribution in [1.29, 1.82) is 0 Å². The van der Waals surface area contributed by atoms with Gasteiger partial charge in [0.15, 0.2) is 0 Å². The lowest BCUT2D eigenvalue weighted by atomic mass is 9.97. The summed E-state index contributed by atoms with van der Waals surface area (Å²) in [5, 5.41) is 6.45. The molecule has 6 heteroatoms. The number of nitrogens with zero attached hydrogens (tertiary/aromatic N) is 1. The Morgan fingerprint density at radius 3 is 2.58 bits per heavy atom. The number of urea groups is 1. The molecule has 1 atom stereocenters. The van der Waals surface area contributed by atoms with Crippen LogP contribution in [0.25, 0.3) is 0 Å². The SMILES string of the molecule is O=C(NCc1ccccc1Cl)C1CCCN(C(=O)Nc2ccccc2)C1. The third-order valence-corrected chi connectivity index (χ3v) is 4.88. The van der Waals surface area contributed by atoms with Crippen LogP contribution in [0.4, 0.5) is 10.5 Å². The van der Waals surface area contributed by atoms with E-state index >= 15 is 0 Å². The number of carbonyl (C=O) groups excluding carboxylic acids is 2. The van der Waals surface area contributed by atoms with E-state index in [1.165, 1.54) is 0 Å². The van der Waals surface area contributed by atoms with Crippen LogP contribution in [0.3, 0.4) is 0 Å². The molecule has 136 valence electrons. The van der Waals surface area contributed by atoms with Gasteiger partial charge in [0.2, 0.25) is 5.91 Å². The van der Waals surface area contributed by atoms with E-state index in [1.807, 2.05) is 48.5 Å². The largest absolute Gasteiger partial charge is 0.352 e. The van der Waals surface area contributed by atoms with Gasteiger partial charge in [0.05, 0.1) is 5.92 Å². The normalized spacial score (nSPS) is 16.8. The molecular formula is C20H22ClN3O2. The molecule has 26 heavy (non-hydrogen) atoms. The van der Waals surface area contributed by atoms with Crippen molar-refractivity contribution in [2.24, 2.45) is 5.92 Å². The predicted molar refractivity (Wildman–Crippen MR) is 103 cm³/mol. The van der Waals surface area contributed by atoms with Gasteiger partial charge < -0.3 is 15.5 Å². The third kappa shape index (κ3) is 4.76. The molecule has 2 aromatic carbocycles. The van der Waals surface area contributed by atoms with E-state index in [4.69, 9.17) is 11.6 Å². The first-order valence-electron chi connectivity index (χ1n) is 8.75. The van der Waals surface area contributed by atoms with Crippen LogP contribution in [-0.2, 0) is 11.3 Å². The van der Waals surface area contributed by atoms with E-state index in [2.05, 4.69) is 10.6 Å². The van der Waals surface area contributed by atoms with Crippen LogP contribution in [0.15, 0.2) is 54.6 Å². The zero-order valence-corrected chi connectivity index (χ0v) is 15.2. The summed E-state index contributed by atoms with van der Waals surface area (Å²) in [5.74, 6) is -0.241. The Morgan fingerprint density at radius 2 is 1.81 bits per heavy atom. The molecular weight excluding hydrogens is 350 g/mol. The highest BCUT2D eigenvalue weighted by atomic mass is 35.5. The molecule has 0 bridgehead atoms. The number of amides is 3. The Morgan fingerprint density at radius 1 is 1.08 bits per heavy atom. The summed E-state index contributed by atoms with van der Waals surface area (Å²) in [7, 11) is 0. The molecule has 1 fully saturated rings.